The van der Waals surface area contributed by atoms with Crippen molar-refractivity contribution in [3.05, 3.63) is 29.8 Å². The average molecular weight is 358 g/mol. The van der Waals surface area contributed by atoms with Gasteiger partial charge in [-0.15, -0.1) is 17.0 Å². The fraction of sp³-hybridized carbons (Fsp3) is 0.647. The number of aliphatic hydroxyl groups is 1. The maximum atomic E-state index is 11.1. The normalized spacial score (nSPS) is 18.9. The summed E-state index contributed by atoms with van der Waals surface area (Å²) in [5, 5.41) is 11.1. The molecule has 0 bridgehead atoms. The summed E-state index contributed by atoms with van der Waals surface area (Å²) >= 11 is 0. The van der Waals surface area contributed by atoms with Crippen molar-refractivity contribution in [2.45, 2.75) is 43.6 Å². The molecule has 1 fully saturated rings. The van der Waals surface area contributed by atoms with Crippen molar-refractivity contribution >= 4 is 17.0 Å². The number of methoxy groups -OCH3 is 1. The minimum atomic E-state index is -0.558. The third-order valence-corrected chi connectivity index (χ3v) is 4.43. The first kappa shape index (κ1) is 18.5. The molecule has 0 aromatic heterocycles. The summed E-state index contributed by atoms with van der Waals surface area (Å²) in [6.07, 6.45) is 5.35. The van der Waals surface area contributed by atoms with Gasteiger partial charge in [0, 0.05) is 12.5 Å². The summed E-state index contributed by atoms with van der Waals surface area (Å²) in [6.45, 7) is 0.878. The molecule has 1 aromatic rings. The van der Waals surface area contributed by atoms with Crippen molar-refractivity contribution in [1.29, 1.82) is 0 Å². The van der Waals surface area contributed by atoms with Crippen molar-refractivity contribution in [1.82, 2.24) is 4.90 Å². The van der Waals surface area contributed by atoms with Gasteiger partial charge in [-0.25, -0.2) is 0 Å². The standard InChI is InChI=1S/C17H27NO2.BrH/c1-18(2)13-16(17(19)11-5-4-6-12-17)14-7-9-15(20-3)10-8-14;/h7-10,16,19H,4-6,11-13H2,1-3H3;1H. The van der Waals surface area contributed by atoms with Crippen molar-refractivity contribution in [3.63, 3.8) is 0 Å². The summed E-state index contributed by atoms with van der Waals surface area (Å²) in [6, 6.07) is 8.17. The quantitative estimate of drug-likeness (QED) is 0.873. The van der Waals surface area contributed by atoms with Crippen molar-refractivity contribution in [3.8, 4) is 5.75 Å². The van der Waals surface area contributed by atoms with Gasteiger partial charge in [0.2, 0.25) is 0 Å². The zero-order chi connectivity index (χ0) is 14.6. The van der Waals surface area contributed by atoms with Crippen LogP contribution in [-0.2, 0) is 0 Å². The Morgan fingerprint density at radius 1 is 1.14 bits per heavy atom. The number of halogens is 1. The van der Waals surface area contributed by atoms with E-state index < -0.39 is 5.60 Å². The van der Waals surface area contributed by atoms with E-state index in [9.17, 15) is 5.11 Å². The van der Waals surface area contributed by atoms with E-state index >= 15 is 0 Å². The highest BCUT2D eigenvalue weighted by Crippen LogP contribution is 2.40. The van der Waals surface area contributed by atoms with Crippen molar-refractivity contribution < 1.29 is 9.84 Å². The fourth-order valence-corrected chi connectivity index (χ4v) is 3.30. The fourth-order valence-electron chi connectivity index (χ4n) is 3.30. The predicted octanol–water partition coefficient (Wildman–Crippen LogP) is 3.61. The first-order valence-electron chi connectivity index (χ1n) is 7.56. The summed E-state index contributed by atoms with van der Waals surface area (Å²) in [5.41, 5.74) is 0.654. The summed E-state index contributed by atoms with van der Waals surface area (Å²) in [4.78, 5) is 2.17. The van der Waals surface area contributed by atoms with Crippen LogP contribution in [-0.4, -0.2) is 43.4 Å². The van der Waals surface area contributed by atoms with Crippen molar-refractivity contribution in [2.75, 3.05) is 27.7 Å². The molecule has 0 saturated heterocycles. The second-order valence-electron chi connectivity index (χ2n) is 6.25. The van der Waals surface area contributed by atoms with Gasteiger partial charge in [0.25, 0.3) is 0 Å². The lowest BCUT2D eigenvalue weighted by Crippen LogP contribution is -2.42. The molecule has 1 aliphatic carbocycles. The molecule has 120 valence electrons. The topological polar surface area (TPSA) is 32.7 Å². The van der Waals surface area contributed by atoms with Gasteiger partial charge in [-0.2, -0.15) is 0 Å². The predicted molar refractivity (Wildman–Crippen MR) is 92.6 cm³/mol. The molecule has 21 heavy (non-hydrogen) atoms. The van der Waals surface area contributed by atoms with Gasteiger partial charge in [0.05, 0.1) is 12.7 Å². The molecule has 4 heteroatoms. The maximum Gasteiger partial charge on any atom is 0.118 e. The van der Waals surface area contributed by atoms with Crippen LogP contribution in [0.1, 0.15) is 43.6 Å². The molecule has 1 aromatic carbocycles. The molecule has 2 rings (SSSR count). The van der Waals surface area contributed by atoms with Gasteiger partial charge >= 0.3 is 0 Å². The highest BCUT2D eigenvalue weighted by molar-refractivity contribution is 8.93. The average Bonchev–Trinajstić information content (AvgIpc) is 2.45. The van der Waals surface area contributed by atoms with Gasteiger partial charge in [0.15, 0.2) is 0 Å². The van der Waals surface area contributed by atoms with E-state index in [1.165, 1.54) is 12.0 Å². The maximum absolute atomic E-state index is 11.1. The zero-order valence-corrected chi connectivity index (χ0v) is 15.1. The van der Waals surface area contributed by atoms with E-state index in [0.29, 0.717) is 0 Å². The summed E-state index contributed by atoms with van der Waals surface area (Å²) in [7, 11) is 5.83. The monoisotopic (exact) mass is 357 g/mol. The van der Waals surface area contributed by atoms with E-state index in [0.717, 1.165) is 38.0 Å². The van der Waals surface area contributed by atoms with Gasteiger partial charge in [0.1, 0.15) is 5.75 Å². The summed E-state index contributed by atoms with van der Waals surface area (Å²) in [5.74, 6) is 1.04. The van der Waals surface area contributed by atoms with E-state index in [-0.39, 0.29) is 22.9 Å². The molecular formula is C17H28BrNO2. The van der Waals surface area contributed by atoms with Crippen molar-refractivity contribution in [2.24, 2.45) is 0 Å². The Morgan fingerprint density at radius 2 is 1.71 bits per heavy atom. The van der Waals surface area contributed by atoms with E-state index in [2.05, 4.69) is 31.1 Å². The van der Waals surface area contributed by atoms with Gasteiger partial charge in [-0.05, 0) is 44.6 Å². The minimum absolute atomic E-state index is 0. The Labute approximate surface area is 139 Å². The molecule has 1 aliphatic rings. The number of rotatable bonds is 5. The largest absolute Gasteiger partial charge is 0.497 e. The highest BCUT2D eigenvalue weighted by atomic mass is 79.9. The van der Waals surface area contributed by atoms with Crippen LogP contribution in [0, 0.1) is 0 Å². The second kappa shape index (κ2) is 8.16. The van der Waals surface area contributed by atoms with Gasteiger partial charge in [-0.1, -0.05) is 31.4 Å². The van der Waals surface area contributed by atoms with Crippen LogP contribution >= 0.6 is 17.0 Å². The highest BCUT2D eigenvalue weighted by Gasteiger charge is 2.38. The van der Waals surface area contributed by atoms with Crippen LogP contribution in [0.15, 0.2) is 24.3 Å². The van der Waals surface area contributed by atoms with Crippen LogP contribution in [0.4, 0.5) is 0 Å². The molecule has 1 saturated carbocycles. The third-order valence-electron chi connectivity index (χ3n) is 4.43. The Kier molecular flexibility index (Phi) is 7.17. The van der Waals surface area contributed by atoms with E-state index in [1.54, 1.807) is 7.11 Å². The molecule has 0 aliphatic heterocycles. The van der Waals surface area contributed by atoms with E-state index in [4.69, 9.17) is 4.74 Å². The molecule has 1 N–H and O–H groups in total. The smallest absolute Gasteiger partial charge is 0.118 e. The van der Waals surface area contributed by atoms with Crippen LogP contribution in [0.5, 0.6) is 5.75 Å². The van der Waals surface area contributed by atoms with Gasteiger partial charge < -0.3 is 14.7 Å². The second-order valence-corrected chi connectivity index (χ2v) is 6.25. The lowest BCUT2D eigenvalue weighted by molar-refractivity contribution is -0.0277. The number of benzene rings is 1. The molecule has 0 radical (unpaired) electrons. The van der Waals surface area contributed by atoms with Crippen LogP contribution in [0.3, 0.4) is 0 Å². The summed E-state index contributed by atoms with van der Waals surface area (Å²) < 4.78 is 5.23. The number of nitrogens with zero attached hydrogens (tertiary/aromatic N) is 1. The SMILES string of the molecule is Br.COc1ccc(C(CN(C)C)C2(O)CCCCC2)cc1. The first-order chi connectivity index (χ1) is 9.55. The van der Waals surface area contributed by atoms with E-state index in [1.807, 2.05) is 12.1 Å². The minimum Gasteiger partial charge on any atom is -0.497 e. The third kappa shape index (κ3) is 4.70. The lowest BCUT2D eigenvalue weighted by Gasteiger charge is -2.40. The molecule has 0 spiro atoms. The number of ether oxygens (including phenoxy) is 1. The van der Waals surface area contributed by atoms with Crippen LogP contribution in [0.2, 0.25) is 0 Å². The Morgan fingerprint density at radius 3 is 2.19 bits per heavy atom. The molecular weight excluding hydrogens is 330 g/mol. The Bertz CT molecular complexity index is 413. The van der Waals surface area contributed by atoms with Gasteiger partial charge in [-0.3, -0.25) is 0 Å². The molecule has 0 amide bonds. The molecule has 1 unspecified atom stereocenters. The van der Waals surface area contributed by atoms with Crippen LogP contribution < -0.4 is 4.74 Å². The zero-order valence-electron chi connectivity index (χ0n) is 13.3. The Balaban J connectivity index is 0.00000220. The Hall–Kier alpha value is -0.580. The molecule has 3 nitrogen and oxygen atoms in total. The first-order valence-corrected chi connectivity index (χ1v) is 7.56. The number of likely N-dealkylation sites (N-methyl/N-ethyl adjacent to an activating group) is 1. The van der Waals surface area contributed by atoms with Crippen LogP contribution in [0.25, 0.3) is 0 Å². The molecule has 1 atom stereocenters. The number of hydrogen-bond acceptors (Lipinski definition) is 3. The molecule has 0 heterocycles. The lowest BCUT2D eigenvalue weighted by atomic mass is 9.72. The number of hydrogen-bond donors (Lipinski definition) is 1.